The van der Waals surface area contributed by atoms with E-state index in [1.165, 1.54) is 0 Å². The van der Waals surface area contributed by atoms with Crippen molar-refractivity contribution < 1.29 is 9.59 Å². The molecule has 0 aliphatic carbocycles. The van der Waals surface area contributed by atoms with Crippen LogP contribution in [0.4, 0.5) is 5.69 Å². The summed E-state index contributed by atoms with van der Waals surface area (Å²) in [6.45, 7) is 5.13. The molecule has 1 fully saturated rings. The Morgan fingerprint density at radius 2 is 1.88 bits per heavy atom. The molecule has 1 heterocycles. The molecule has 0 aromatic heterocycles. The first-order chi connectivity index (χ1) is 11.0. The number of likely N-dealkylation sites (tertiary alicyclic amines) is 1. The van der Waals surface area contributed by atoms with E-state index in [4.69, 9.17) is 5.73 Å². The molecule has 2 amide bonds. The largest absolute Gasteiger partial charge is 0.380 e. The van der Waals surface area contributed by atoms with Gasteiger partial charge in [-0.3, -0.25) is 9.59 Å². The molecule has 1 aromatic rings. The number of para-hydroxylation sites is 1. The highest BCUT2D eigenvalue weighted by atomic mass is 35.5. The number of carbonyl (C=O) groups is 2. The molecule has 8 heteroatoms. The average molecular weight is 391 g/mol. The zero-order valence-corrected chi connectivity index (χ0v) is 16.2. The van der Waals surface area contributed by atoms with Crippen LogP contribution in [0.1, 0.15) is 20.3 Å². The van der Waals surface area contributed by atoms with E-state index in [2.05, 4.69) is 10.6 Å². The summed E-state index contributed by atoms with van der Waals surface area (Å²) in [5.74, 6) is -0.283. The van der Waals surface area contributed by atoms with Crippen molar-refractivity contribution in [3.8, 4) is 0 Å². The van der Waals surface area contributed by atoms with E-state index in [9.17, 15) is 9.59 Å². The van der Waals surface area contributed by atoms with Gasteiger partial charge in [-0.25, -0.2) is 0 Å². The highest BCUT2D eigenvalue weighted by Crippen LogP contribution is 2.15. The van der Waals surface area contributed by atoms with Crippen molar-refractivity contribution in [2.75, 3.05) is 25.0 Å². The number of nitrogens with zero attached hydrogens (tertiary/aromatic N) is 1. The van der Waals surface area contributed by atoms with Gasteiger partial charge < -0.3 is 21.3 Å². The molecule has 0 saturated carbocycles. The maximum Gasteiger partial charge on any atom is 0.242 e. The number of benzene rings is 1. The standard InChI is InChI=1S/C17H26N4O2.2ClH/c1-12(2)16(18)17(23)19-10-15(22)21-9-8-14(11-21)20-13-6-4-3-5-7-13;;/h3-7,12,14,16,20H,8-11,18H2,1-2H3,(H,19,23);2*1H/t14?,16-;;/m0../s1. The number of halogens is 2. The first kappa shape index (κ1) is 23.5. The van der Waals surface area contributed by atoms with Crippen LogP contribution in [0.5, 0.6) is 0 Å². The Balaban J connectivity index is 0.00000288. The van der Waals surface area contributed by atoms with E-state index < -0.39 is 6.04 Å². The Bertz CT molecular complexity index is 543. The molecular formula is C17H28Cl2N4O2. The lowest BCUT2D eigenvalue weighted by Crippen LogP contribution is -2.47. The van der Waals surface area contributed by atoms with Crippen LogP contribution in [0, 0.1) is 5.92 Å². The molecule has 1 aromatic carbocycles. The second-order valence-electron chi connectivity index (χ2n) is 6.32. The summed E-state index contributed by atoms with van der Waals surface area (Å²) < 4.78 is 0. The maximum absolute atomic E-state index is 12.2. The highest BCUT2D eigenvalue weighted by Gasteiger charge is 2.26. The molecule has 0 bridgehead atoms. The number of rotatable bonds is 6. The van der Waals surface area contributed by atoms with Crippen molar-refractivity contribution in [3.05, 3.63) is 30.3 Å². The SMILES string of the molecule is CC(C)[C@H](N)C(=O)NCC(=O)N1CCC(Nc2ccccc2)C1.Cl.Cl. The maximum atomic E-state index is 12.2. The highest BCUT2D eigenvalue weighted by molar-refractivity contribution is 5.87. The molecule has 1 aliphatic rings. The van der Waals surface area contributed by atoms with E-state index >= 15 is 0 Å². The van der Waals surface area contributed by atoms with Crippen LogP contribution >= 0.6 is 24.8 Å². The lowest BCUT2D eigenvalue weighted by atomic mass is 10.1. The summed E-state index contributed by atoms with van der Waals surface area (Å²) in [7, 11) is 0. The Morgan fingerprint density at radius 1 is 1.24 bits per heavy atom. The second kappa shape index (κ2) is 11.2. The van der Waals surface area contributed by atoms with E-state index in [-0.39, 0.29) is 55.1 Å². The molecule has 142 valence electrons. The average Bonchev–Trinajstić information content (AvgIpc) is 3.01. The van der Waals surface area contributed by atoms with Crippen LogP contribution in [0.25, 0.3) is 0 Å². The van der Waals surface area contributed by atoms with Gasteiger partial charge in [-0.1, -0.05) is 32.0 Å². The lowest BCUT2D eigenvalue weighted by Gasteiger charge is -2.19. The number of hydrogen-bond acceptors (Lipinski definition) is 4. The minimum atomic E-state index is -0.575. The molecule has 1 aliphatic heterocycles. The molecule has 1 saturated heterocycles. The fourth-order valence-corrected chi connectivity index (χ4v) is 2.57. The number of anilines is 1. The monoisotopic (exact) mass is 390 g/mol. The molecule has 2 rings (SSSR count). The van der Waals surface area contributed by atoms with E-state index in [1.54, 1.807) is 4.90 Å². The zero-order chi connectivity index (χ0) is 16.8. The smallest absolute Gasteiger partial charge is 0.242 e. The van der Waals surface area contributed by atoms with Gasteiger partial charge in [0.15, 0.2) is 0 Å². The summed E-state index contributed by atoms with van der Waals surface area (Å²) in [5, 5.41) is 6.05. The molecule has 25 heavy (non-hydrogen) atoms. The number of amides is 2. The third-order valence-electron chi connectivity index (χ3n) is 4.12. The third-order valence-corrected chi connectivity index (χ3v) is 4.12. The lowest BCUT2D eigenvalue weighted by molar-refractivity contribution is -0.132. The summed E-state index contributed by atoms with van der Waals surface area (Å²) in [6, 6.07) is 9.63. The van der Waals surface area contributed by atoms with Crippen LogP contribution in [-0.2, 0) is 9.59 Å². The summed E-state index contributed by atoms with van der Waals surface area (Å²) in [4.78, 5) is 25.8. The van der Waals surface area contributed by atoms with Crippen LogP contribution in [-0.4, -0.2) is 48.4 Å². The van der Waals surface area contributed by atoms with Gasteiger partial charge in [-0.15, -0.1) is 24.8 Å². The Morgan fingerprint density at radius 3 is 2.48 bits per heavy atom. The predicted octanol–water partition coefficient (Wildman–Crippen LogP) is 1.64. The Hall–Kier alpha value is -1.50. The summed E-state index contributed by atoms with van der Waals surface area (Å²) >= 11 is 0. The van der Waals surface area contributed by atoms with E-state index in [0.717, 1.165) is 12.1 Å². The van der Waals surface area contributed by atoms with Crippen molar-refractivity contribution in [1.82, 2.24) is 10.2 Å². The number of nitrogens with one attached hydrogen (secondary N) is 2. The van der Waals surface area contributed by atoms with Crippen LogP contribution in [0.3, 0.4) is 0 Å². The topological polar surface area (TPSA) is 87.5 Å². The zero-order valence-electron chi connectivity index (χ0n) is 14.6. The van der Waals surface area contributed by atoms with Gasteiger partial charge in [-0.05, 0) is 24.5 Å². The molecule has 0 radical (unpaired) electrons. The van der Waals surface area contributed by atoms with Gasteiger partial charge in [0, 0.05) is 24.8 Å². The normalized spacial score (nSPS) is 17.3. The minimum absolute atomic E-state index is 0. The van der Waals surface area contributed by atoms with Gasteiger partial charge in [0.1, 0.15) is 0 Å². The Kier molecular flexibility index (Phi) is 10.5. The molecule has 6 nitrogen and oxygen atoms in total. The third kappa shape index (κ3) is 7.10. The van der Waals surface area contributed by atoms with Gasteiger partial charge in [-0.2, -0.15) is 0 Å². The molecule has 1 unspecified atom stereocenters. The quantitative estimate of drug-likeness (QED) is 0.688. The van der Waals surface area contributed by atoms with E-state index in [0.29, 0.717) is 13.1 Å². The summed E-state index contributed by atoms with van der Waals surface area (Å²) in [6.07, 6.45) is 0.903. The fraction of sp³-hybridized carbons (Fsp3) is 0.529. The van der Waals surface area contributed by atoms with Gasteiger partial charge in [0.05, 0.1) is 12.6 Å². The fourth-order valence-electron chi connectivity index (χ4n) is 2.57. The first-order valence-corrected chi connectivity index (χ1v) is 8.10. The van der Waals surface area contributed by atoms with Crippen molar-refractivity contribution in [2.45, 2.75) is 32.4 Å². The second-order valence-corrected chi connectivity index (χ2v) is 6.32. The van der Waals surface area contributed by atoms with Crippen molar-refractivity contribution >= 4 is 42.3 Å². The number of hydrogen-bond donors (Lipinski definition) is 3. The molecule has 0 spiro atoms. The van der Waals surface area contributed by atoms with Crippen molar-refractivity contribution in [3.63, 3.8) is 0 Å². The number of carbonyl (C=O) groups excluding carboxylic acids is 2. The van der Waals surface area contributed by atoms with Gasteiger partial charge in [0.2, 0.25) is 11.8 Å². The van der Waals surface area contributed by atoms with Crippen molar-refractivity contribution in [1.29, 1.82) is 0 Å². The van der Waals surface area contributed by atoms with Crippen molar-refractivity contribution in [2.24, 2.45) is 11.7 Å². The molecule has 4 N–H and O–H groups in total. The minimum Gasteiger partial charge on any atom is -0.380 e. The van der Waals surface area contributed by atoms with Crippen LogP contribution < -0.4 is 16.4 Å². The Labute approximate surface area is 161 Å². The predicted molar refractivity (Wildman–Crippen MR) is 105 cm³/mol. The number of nitrogens with two attached hydrogens (primary N) is 1. The van der Waals surface area contributed by atoms with Gasteiger partial charge in [0.25, 0.3) is 0 Å². The molecule has 2 atom stereocenters. The van der Waals surface area contributed by atoms with Crippen LogP contribution in [0.15, 0.2) is 30.3 Å². The van der Waals surface area contributed by atoms with Crippen LogP contribution in [0.2, 0.25) is 0 Å². The van der Waals surface area contributed by atoms with E-state index in [1.807, 2.05) is 44.2 Å². The first-order valence-electron chi connectivity index (χ1n) is 8.10. The van der Waals surface area contributed by atoms with Gasteiger partial charge >= 0.3 is 0 Å². The summed E-state index contributed by atoms with van der Waals surface area (Å²) in [5.41, 5.74) is 6.82. The molecular weight excluding hydrogens is 363 g/mol.